The van der Waals surface area contributed by atoms with E-state index in [2.05, 4.69) is 25.6 Å². The van der Waals surface area contributed by atoms with Gasteiger partial charge in [0.25, 0.3) is 0 Å². The van der Waals surface area contributed by atoms with Gasteiger partial charge in [0, 0.05) is 36.8 Å². The van der Waals surface area contributed by atoms with Crippen LogP contribution in [0.5, 0.6) is 0 Å². The second kappa shape index (κ2) is 8.35. The Balaban J connectivity index is 1.79. The largest absolute Gasteiger partial charge is 0.383 e. The molecule has 7 heteroatoms. The molecule has 0 saturated carbocycles. The van der Waals surface area contributed by atoms with Crippen LogP contribution >= 0.6 is 0 Å². The van der Waals surface area contributed by atoms with Gasteiger partial charge in [-0.3, -0.25) is 0 Å². The van der Waals surface area contributed by atoms with E-state index >= 15 is 0 Å². The average molecular weight is 353 g/mol. The highest BCUT2D eigenvalue weighted by atomic mass is 19.1. The Morgan fingerprint density at radius 3 is 2.77 bits per heavy atom. The standard InChI is InChI=1S/C19H20FN5O/c1-13(12-26-2)23-19-22-9-7-17(25-19)14-6-8-21-18(10-14)24-16-5-3-4-15(20)11-16/h3-11,13H,12H2,1-2H3,(H,21,24)(H,22,23,25)/t13-/m0/s1. The zero-order valence-corrected chi connectivity index (χ0v) is 14.6. The highest BCUT2D eigenvalue weighted by Gasteiger charge is 2.07. The molecule has 6 nitrogen and oxygen atoms in total. The van der Waals surface area contributed by atoms with Gasteiger partial charge in [0.2, 0.25) is 5.95 Å². The smallest absolute Gasteiger partial charge is 0.223 e. The predicted octanol–water partition coefficient (Wildman–Crippen LogP) is 3.87. The third-order valence-electron chi connectivity index (χ3n) is 3.60. The first kappa shape index (κ1) is 17.8. The SMILES string of the molecule is COC[C@H](C)Nc1nccc(-c2ccnc(Nc3cccc(F)c3)c2)n1. The van der Waals surface area contributed by atoms with Crippen LogP contribution in [0.2, 0.25) is 0 Å². The molecule has 2 N–H and O–H groups in total. The Labute approximate surface area is 151 Å². The Morgan fingerprint density at radius 2 is 1.96 bits per heavy atom. The quantitative estimate of drug-likeness (QED) is 0.672. The Hall–Kier alpha value is -3.06. The van der Waals surface area contributed by atoms with Gasteiger partial charge in [-0.25, -0.2) is 19.3 Å². The summed E-state index contributed by atoms with van der Waals surface area (Å²) in [6, 6.07) is 11.9. The molecule has 1 aromatic carbocycles. The second-order valence-corrected chi connectivity index (χ2v) is 5.83. The van der Waals surface area contributed by atoms with Gasteiger partial charge in [0.05, 0.1) is 12.3 Å². The highest BCUT2D eigenvalue weighted by molar-refractivity contribution is 5.66. The Kier molecular flexibility index (Phi) is 5.70. The van der Waals surface area contributed by atoms with Crippen LogP contribution in [0.1, 0.15) is 6.92 Å². The van der Waals surface area contributed by atoms with Crippen molar-refractivity contribution in [2.24, 2.45) is 0 Å². The molecule has 3 aromatic rings. The van der Waals surface area contributed by atoms with E-state index in [1.807, 2.05) is 25.1 Å². The number of rotatable bonds is 7. The fourth-order valence-corrected chi connectivity index (χ4v) is 2.47. The number of benzene rings is 1. The van der Waals surface area contributed by atoms with Gasteiger partial charge >= 0.3 is 0 Å². The van der Waals surface area contributed by atoms with Crippen molar-refractivity contribution >= 4 is 17.5 Å². The van der Waals surface area contributed by atoms with E-state index in [0.717, 1.165) is 11.3 Å². The van der Waals surface area contributed by atoms with E-state index in [9.17, 15) is 4.39 Å². The summed E-state index contributed by atoms with van der Waals surface area (Å²) in [6.07, 6.45) is 3.38. The molecule has 134 valence electrons. The van der Waals surface area contributed by atoms with Crippen LogP contribution in [-0.2, 0) is 4.74 Å². The summed E-state index contributed by atoms with van der Waals surface area (Å²) >= 11 is 0. The molecule has 0 aliphatic rings. The number of nitrogens with one attached hydrogen (secondary N) is 2. The van der Waals surface area contributed by atoms with Crippen LogP contribution in [0.15, 0.2) is 54.9 Å². The lowest BCUT2D eigenvalue weighted by atomic mass is 10.2. The molecule has 26 heavy (non-hydrogen) atoms. The van der Waals surface area contributed by atoms with Crippen LogP contribution in [-0.4, -0.2) is 34.7 Å². The molecular weight excluding hydrogens is 333 g/mol. The van der Waals surface area contributed by atoms with E-state index < -0.39 is 0 Å². The average Bonchev–Trinajstić information content (AvgIpc) is 2.62. The summed E-state index contributed by atoms with van der Waals surface area (Å²) in [5, 5.41) is 6.29. The van der Waals surface area contributed by atoms with Crippen molar-refractivity contribution in [1.82, 2.24) is 15.0 Å². The number of hydrogen-bond donors (Lipinski definition) is 2. The molecule has 0 amide bonds. The molecular formula is C19H20FN5O. The third-order valence-corrected chi connectivity index (χ3v) is 3.60. The van der Waals surface area contributed by atoms with Gasteiger partial charge in [-0.1, -0.05) is 6.07 Å². The number of halogens is 1. The van der Waals surface area contributed by atoms with Gasteiger partial charge in [-0.2, -0.15) is 0 Å². The summed E-state index contributed by atoms with van der Waals surface area (Å²) in [5.41, 5.74) is 2.27. The van der Waals surface area contributed by atoms with E-state index in [-0.39, 0.29) is 11.9 Å². The van der Waals surface area contributed by atoms with Crippen molar-refractivity contribution < 1.29 is 9.13 Å². The van der Waals surface area contributed by atoms with Crippen LogP contribution in [0.25, 0.3) is 11.3 Å². The Morgan fingerprint density at radius 1 is 1.12 bits per heavy atom. The summed E-state index contributed by atoms with van der Waals surface area (Å²) in [5.74, 6) is 0.834. The minimum Gasteiger partial charge on any atom is -0.383 e. The highest BCUT2D eigenvalue weighted by Crippen LogP contribution is 2.22. The van der Waals surface area contributed by atoms with Gasteiger partial charge in [-0.05, 0) is 43.3 Å². The molecule has 3 rings (SSSR count). The number of aromatic nitrogens is 3. The van der Waals surface area contributed by atoms with Gasteiger partial charge in [0.1, 0.15) is 11.6 Å². The zero-order chi connectivity index (χ0) is 18.4. The zero-order valence-electron chi connectivity index (χ0n) is 14.6. The third kappa shape index (κ3) is 4.73. The molecule has 0 unspecified atom stereocenters. The topological polar surface area (TPSA) is 72.0 Å². The van der Waals surface area contributed by atoms with Crippen molar-refractivity contribution in [3.05, 3.63) is 60.7 Å². The van der Waals surface area contributed by atoms with E-state index in [1.54, 1.807) is 31.6 Å². The molecule has 0 fully saturated rings. The fraction of sp³-hybridized carbons (Fsp3) is 0.211. The maximum absolute atomic E-state index is 13.3. The predicted molar refractivity (Wildman–Crippen MR) is 99.9 cm³/mol. The summed E-state index contributed by atoms with van der Waals surface area (Å²) in [4.78, 5) is 13.0. The van der Waals surface area contributed by atoms with E-state index in [0.29, 0.717) is 24.1 Å². The molecule has 1 atom stereocenters. The minimum absolute atomic E-state index is 0.0953. The van der Waals surface area contributed by atoms with Gasteiger partial charge in [-0.15, -0.1) is 0 Å². The van der Waals surface area contributed by atoms with Crippen LogP contribution in [0.4, 0.5) is 21.8 Å². The number of anilines is 3. The van der Waals surface area contributed by atoms with Crippen molar-refractivity contribution in [3.63, 3.8) is 0 Å². The molecule has 2 heterocycles. The lowest BCUT2D eigenvalue weighted by Crippen LogP contribution is -2.22. The molecule has 0 aliphatic carbocycles. The number of nitrogens with zero attached hydrogens (tertiary/aromatic N) is 3. The van der Waals surface area contributed by atoms with E-state index in [4.69, 9.17) is 4.74 Å². The summed E-state index contributed by atoms with van der Waals surface area (Å²) in [7, 11) is 1.65. The lowest BCUT2D eigenvalue weighted by molar-refractivity contribution is 0.190. The molecule has 0 radical (unpaired) electrons. The first-order chi connectivity index (χ1) is 12.6. The maximum Gasteiger partial charge on any atom is 0.223 e. The minimum atomic E-state index is -0.303. The van der Waals surface area contributed by atoms with Gasteiger partial charge in [0.15, 0.2) is 0 Å². The van der Waals surface area contributed by atoms with Crippen LogP contribution < -0.4 is 10.6 Å². The first-order valence-electron chi connectivity index (χ1n) is 8.21. The van der Waals surface area contributed by atoms with Crippen molar-refractivity contribution in [3.8, 4) is 11.3 Å². The lowest BCUT2D eigenvalue weighted by Gasteiger charge is -2.13. The summed E-state index contributed by atoms with van der Waals surface area (Å²) < 4.78 is 18.4. The Bertz CT molecular complexity index is 874. The monoisotopic (exact) mass is 353 g/mol. The first-order valence-corrected chi connectivity index (χ1v) is 8.21. The molecule has 0 bridgehead atoms. The molecule has 0 spiro atoms. The van der Waals surface area contributed by atoms with Crippen molar-refractivity contribution in [2.45, 2.75) is 13.0 Å². The van der Waals surface area contributed by atoms with E-state index in [1.165, 1.54) is 12.1 Å². The normalized spacial score (nSPS) is 11.8. The van der Waals surface area contributed by atoms with Crippen molar-refractivity contribution in [1.29, 1.82) is 0 Å². The number of pyridine rings is 1. The van der Waals surface area contributed by atoms with Crippen LogP contribution in [0.3, 0.4) is 0 Å². The molecule has 0 aliphatic heterocycles. The maximum atomic E-state index is 13.3. The number of ether oxygens (including phenoxy) is 1. The number of hydrogen-bond acceptors (Lipinski definition) is 6. The molecule has 2 aromatic heterocycles. The summed E-state index contributed by atoms with van der Waals surface area (Å²) in [6.45, 7) is 2.55. The van der Waals surface area contributed by atoms with Crippen molar-refractivity contribution in [2.75, 3.05) is 24.4 Å². The molecule has 0 saturated heterocycles. The number of methoxy groups -OCH3 is 1. The fourth-order valence-electron chi connectivity index (χ4n) is 2.47. The van der Waals surface area contributed by atoms with Crippen LogP contribution in [0, 0.1) is 5.82 Å². The second-order valence-electron chi connectivity index (χ2n) is 5.83. The van der Waals surface area contributed by atoms with Gasteiger partial charge < -0.3 is 15.4 Å².